The van der Waals surface area contributed by atoms with Crippen LogP contribution in [0.3, 0.4) is 0 Å². The summed E-state index contributed by atoms with van der Waals surface area (Å²) in [5, 5.41) is 9.18. The van der Waals surface area contributed by atoms with Gasteiger partial charge < -0.3 is 23.7 Å². The van der Waals surface area contributed by atoms with Crippen LogP contribution in [0.15, 0.2) is 40.4 Å². The number of halogens is 1. The van der Waals surface area contributed by atoms with Crippen LogP contribution in [-0.4, -0.2) is 39.9 Å². The first-order valence-electron chi connectivity index (χ1n) is 8.99. The van der Waals surface area contributed by atoms with Gasteiger partial charge in [0.2, 0.25) is 5.75 Å². The van der Waals surface area contributed by atoms with E-state index in [-0.39, 0.29) is 29.2 Å². The first-order valence-corrected chi connectivity index (χ1v) is 9.79. The standard InChI is InChI=1S/C22H20BrNO7/c1-5-30-21(25)14(12-24)9-13-7-6-8-15(10-13)31-22(26)16-11-17(27-2)19(28-3)20(29-4)18(16)23/h6-11H,5H2,1-4H3/b14-9+. The first kappa shape index (κ1) is 23.8. The first-order chi connectivity index (χ1) is 14.9. The Morgan fingerprint density at radius 2 is 1.81 bits per heavy atom. The maximum Gasteiger partial charge on any atom is 0.348 e. The summed E-state index contributed by atoms with van der Waals surface area (Å²) in [6, 6.07) is 9.62. The molecule has 8 nitrogen and oxygen atoms in total. The second kappa shape index (κ2) is 11.0. The second-order valence-corrected chi connectivity index (χ2v) is 6.65. The number of hydrogen-bond acceptors (Lipinski definition) is 8. The molecule has 2 aromatic rings. The lowest BCUT2D eigenvalue weighted by Crippen LogP contribution is -2.11. The van der Waals surface area contributed by atoms with Gasteiger partial charge in [-0.1, -0.05) is 12.1 Å². The molecule has 0 spiro atoms. The molecule has 0 saturated carbocycles. The number of methoxy groups -OCH3 is 3. The Kier molecular flexibility index (Phi) is 8.46. The molecule has 0 fully saturated rings. The largest absolute Gasteiger partial charge is 0.493 e. The lowest BCUT2D eigenvalue weighted by Gasteiger charge is -2.16. The smallest absolute Gasteiger partial charge is 0.348 e. The third kappa shape index (κ3) is 5.55. The Hall–Kier alpha value is -3.51. The Morgan fingerprint density at radius 1 is 1.10 bits per heavy atom. The molecule has 0 saturated heterocycles. The minimum absolute atomic E-state index is 0.152. The molecule has 0 unspecified atom stereocenters. The van der Waals surface area contributed by atoms with Crippen molar-refractivity contribution in [2.24, 2.45) is 0 Å². The Bertz CT molecular complexity index is 1060. The molecule has 162 valence electrons. The van der Waals surface area contributed by atoms with Crippen molar-refractivity contribution in [2.75, 3.05) is 27.9 Å². The number of ether oxygens (including phenoxy) is 5. The summed E-state index contributed by atoms with van der Waals surface area (Å²) >= 11 is 3.34. The van der Waals surface area contributed by atoms with Crippen LogP contribution < -0.4 is 18.9 Å². The number of benzene rings is 2. The highest BCUT2D eigenvalue weighted by atomic mass is 79.9. The number of esters is 2. The fourth-order valence-corrected chi connectivity index (χ4v) is 3.23. The Balaban J connectivity index is 2.37. The van der Waals surface area contributed by atoms with E-state index in [4.69, 9.17) is 23.7 Å². The van der Waals surface area contributed by atoms with Gasteiger partial charge in [-0.3, -0.25) is 0 Å². The normalized spacial score (nSPS) is 10.6. The van der Waals surface area contributed by atoms with Gasteiger partial charge in [0.25, 0.3) is 0 Å². The monoisotopic (exact) mass is 489 g/mol. The summed E-state index contributed by atoms with van der Waals surface area (Å²) in [7, 11) is 4.32. The molecule has 0 aromatic heterocycles. The number of carbonyl (C=O) groups excluding carboxylic acids is 2. The third-order valence-corrected chi connectivity index (χ3v) is 4.77. The Labute approximate surface area is 188 Å². The number of nitriles is 1. The van der Waals surface area contributed by atoms with E-state index >= 15 is 0 Å². The van der Waals surface area contributed by atoms with Crippen LogP contribution in [0.2, 0.25) is 0 Å². The van der Waals surface area contributed by atoms with Crippen LogP contribution in [-0.2, 0) is 9.53 Å². The molecule has 2 aromatic carbocycles. The molecule has 0 aliphatic rings. The molecule has 0 atom stereocenters. The number of nitrogens with zero attached hydrogens (tertiary/aromatic N) is 1. The minimum Gasteiger partial charge on any atom is -0.493 e. The van der Waals surface area contributed by atoms with Crippen molar-refractivity contribution in [2.45, 2.75) is 6.92 Å². The zero-order valence-corrected chi connectivity index (χ0v) is 18.9. The van der Waals surface area contributed by atoms with E-state index < -0.39 is 11.9 Å². The van der Waals surface area contributed by atoms with E-state index in [0.29, 0.717) is 21.5 Å². The summed E-state index contributed by atoms with van der Waals surface area (Å²) in [5.74, 6) is -0.311. The highest BCUT2D eigenvalue weighted by molar-refractivity contribution is 9.10. The van der Waals surface area contributed by atoms with Crippen LogP contribution in [0.1, 0.15) is 22.8 Å². The van der Waals surface area contributed by atoms with Gasteiger partial charge in [-0.05, 0) is 52.7 Å². The Morgan fingerprint density at radius 3 is 2.39 bits per heavy atom. The molecule has 0 aliphatic heterocycles. The fourth-order valence-electron chi connectivity index (χ4n) is 2.61. The molecular formula is C22H20BrNO7. The van der Waals surface area contributed by atoms with E-state index in [1.54, 1.807) is 31.2 Å². The summed E-state index contributed by atoms with van der Waals surface area (Å²) in [6.07, 6.45) is 1.35. The van der Waals surface area contributed by atoms with Crippen molar-refractivity contribution in [3.05, 3.63) is 51.5 Å². The van der Waals surface area contributed by atoms with E-state index in [1.165, 1.54) is 39.5 Å². The van der Waals surface area contributed by atoms with Gasteiger partial charge in [0, 0.05) is 0 Å². The highest BCUT2D eigenvalue weighted by Gasteiger charge is 2.24. The van der Waals surface area contributed by atoms with Gasteiger partial charge in [0.1, 0.15) is 17.4 Å². The van der Waals surface area contributed by atoms with E-state index in [1.807, 2.05) is 0 Å². The van der Waals surface area contributed by atoms with Crippen molar-refractivity contribution >= 4 is 33.9 Å². The van der Waals surface area contributed by atoms with Gasteiger partial charge in [-0.2, -0.15) is 5.26 Å². The fraction of sp³-hybridized carbons (Fsp3) is 0.227. The van der Waals surface area contributed by atoms with Crippen molar-refractivity contribution in [1.29, 1.82) is 5.26 Å². The highest BCUT2D eigenvalue weighted by Crippen LogP contribution is 2.45. The van der Waals surface area contributed by atoms with E-state index in [9.17, 15) is 14.9 Å². The van der Waals surface area contributed by atoms with Gasteiger partial charge in [0.05, 0.1) is 38.0 Å². The van der Waals surface area contributed by atoms with Gasteiger partial charge in [-0.25, -0.2) is 9.59 Å². The number of hydrogen-bond donors (Lipinski definition) is 0. The zero-order valence-electron chi connectivity index (χ0n) is 17.4. The number of rotatable bonds is 8. The van der Waals surface area contributed by atoms with Crippen LogP contribution in [0.5, 0.6) is 23.0 Å². The predicted octanol–water partition coefficient (Wildman–Crippen LogP) is 4.16. The molecule has 0 radical (unpaired) electrons. The average Bonchev–Trinajstić information content (AvgIpc) is 2.77. The number of carbonyl (C=O) groups is 2. The summed E-state index contributed by atoms with van der Waals surface area (Å²) in [6.45, 7) is 1.80. The lowest BCUT2D eigenvalue weighted by atomic mass is 10.1. The summed E-state index contributed by atoms with van der Waals surface area (Å²) in [4.78, 5) is 24.6. The molecule has 0 bridgehead atoms. The molecular weight excluding hydrogens is 470 g/mol. The third-order valence-electron chi connectivity index (χ3n) is 3.98. The van der Waals surface area contributed by atoms with Gasteiger partial charge in [0.15, 0.2) is 11.5 Å². The van der Waals surface area contributed by atoms with Crippen LogP contribution >= 0.6 is 15.9 Å². The van der Waals surface area contributed by atoms with Crippen LogP contribution in [0, 0.1) is 11.3 Å². The average molecular weight is 490 g/mol. The lowest BCUT2D eigenvalue weighted by molar-refractivity contribution is -0.137. The van der Waals surface area contributed by atoms with Gasteiger partial charge >= 0.3 is 11.9 Å². The SMILES string of the molecule is CCOC(=O)/C(C#N)=C/c1cccc(OC(=O)c2cc(OC)c(OC)c(OC)c2Br)c1. The zero-order chi connectivity index (χ0) is 23.0. The summed E-state index contributed by atoms with van der Waals surface area (Å²) < 4.78 is 26.5. The van der Waals surface area contributed by atoms with Crippen molar-refractivity contribution in [3.63, 3.8) is 0 Å². The molecule has 0 heterocycles. The van der Waals surface area contributed by atoms with Crippen molar-refractivity contribution in [3.8, 4) is 29.1 Å². The topological polar surface area (TPSA) is 104 Å². The van der Waals surface area contributed by atoms with Crippen molar-refractivity contribution < 1.29 is 33.3 Å². The molecule has 0 amide bonds. The molecule has 2 rings (SSSR count). The molecule has 0 aliphatic carbocycles. The molecule has 9 heteroatoms. The van der Waals surface area contributed by atoms with Crippen molar-refractivity contribution in [1.82, 2.24) is 0 Å². The van der Waals surface area contributed by atoms with E-state index in [2.05, 4.69) is 15.9 Å². The van der Waals surface area contributed by atoms with Gasteiger partial charge in [-0.15, -0.1) is 0 Å². The molecule has 31 heavy (non-hydrogen) atoms. The quantitative estimate of drug-likeness (QED) is 0.235. The maximum absolute atomic E-state index is 12.8. The van der Waals surface area contributed by atoms with E-state index in [0.717, 1.165) is 0 Å². The molecule has 0 N–H and O–H groups in total. The predicted molar refractivity (Wildman–Crippen MR) is 115 cm³/mol. The van der Waals surface area contributed by atoms with Crippen LogP contribution in [0.4, 0.5) is 0 Å². The second-order valence-electron chi connectivity index (χ2n) is 5.86. The maximum atomic E-state index is 12.8. The minimum atomic E-state index is -0.728. The summed E-state index contributed by atoms with van der Waals surface area (Å²) in [5.41, 5.74) is 0.469. The van der Waals surface area contributed by atoms with Crippen LogP contribution in [0.25, 0.3) is 6.08 Å².